The Hall–Kier alpha value is -2.13. The van der Waals surface area contributed by atoms with Gasteiger partial charge in [0.15, 0.2) is 5.13 Å². The number of rotatable bonds is 7. The maximum absolute atomic E-state index is 12.5. The highest BCUT2D eigenvalue weighted by Crippen LogP contribution is 2.32. The average Bonchev–Trinajstić information content (AvgIpc) is 3.24. The summed E-state index contributed by atoms with van der Waals surface area (Å²) >= 11 is 7.59. The predicted molar refractivity (Wildman–Crippen MR) is 124 cm³/mol. The third-order valence-electron chi connectivity index (χ3n) is 5.31. The molecule has 1 aliphatic rings. The van der Waals surface area contributed by atoms with Crippen molar-refractivity contribution in [3.05, 3.63) is 70.7 Å². The highest BCUT2D eigenvalue weighted by Gasteiger charge is 2.28. The zero-order valence-corrected chi connectivity index (χ0v) is 19.5. The van der Waals surface area contributed by atoms with Gasteiger partial charge in [-0.3, -0.25) is 9.62 Å². The first-order chi connectivity index (χ1) is 14.9. The number of nitrogens with one attached hydrogen (secondary N) is 1. The van der Waals surface area contributed by atoms with Crippen molar-refractivity contribution in [1.29, 1.82) is 0 Å². The fraction of sp³-hybridized carbons (Fsp3) is 0.318. The number of hydrogen-bond donors (Lipinski definition) is 1. The van der Waals surface area contributed by atoms with Crippen LogP contribution in [-0.2, 0) is 16.6 Å². The van der Waals surface area contributed by atoms with Crippen LogP contribution in [0.15, 0.2) is 65.0 Å². The van der Waals surface area contributed by atoms with Crippen molar-refractivity contribution in [3.63, 3.8) is 0 Å². The molecule has 0 radical (unpaired) electrons. The van der Waals surface area contributed by atoms with E-state index in [2.05, 4.69) is 45.8 Å². The van der Waals surface area contributed by atoms with Crippen molar-refractivity contribution in [2.45, 2.75) is 30.9 Å². The molecule has 0 amide bonds. The standard InChI is InChI=1S/C22H24ClN3O3S2/c1-16-14-26(15-17-5-3-2-4-6-17)11-9-20(16)29-21-8-7-18(13-19(21)23)31(27,28)25-22-24-10-12-30-22/h2-8,10,12-13,16,20H,9,11,14-15H2,1H3,(H,24,25). The molecule has 1 aromatic heterocycles. The van der Waals surface area contributed by atoms with E-state index in [1.54, 1.807) is 17.6 Å². The first kappa shape index (κ1) is 22.1. The molecule has 2 atom stereocenters. The summed E-state index contributed by atoms with van der Waals surface area (Å²) in [7, 11) is -3.75. The van der Waals surface area contributed by atoms with Crippen LogP contribution in [0.3, 0.4) is 0 Å². The van der Waals surface area contributed by atoms with Gasteiger partial charge in [-0.2, -0.15) is 0 Å². The number of aromatic nitrogens is 1. The van der Waals surface area contributed by atoms with E-state index >= 15 is 0 Å². The number of ether oxygens (including phenoxy) is 1. The van der Waals surface area contributed by atoms with E-state index in [4.69, 9.17) is 16.3 Å². The highest BCUT2D eigenvalue weighted by atomic mass is 35.5. The molecular formula is C22H24ClN3O3S2. The van der Waals surface area contributed by atoms with E-state index in [1.807, 2.05) is 6.07 Å². The van der Waals surface area contributed by atoms with Crippen LogP contribution in [0.4, 0.5) is 5.13 Å². The molecule has 0 aliphatic carbocycles. The lowest BCUT2D eigenvalue weighted by molar-refractivity contribution is 0.0490. The Morgan fingerprint density at radius 3 is 2.74 bits per heavy atom. The van der Waals surface area contributed by atoms with E-state index in [1.165, 1.54) is 29.0 Å². The fourth-order valence-electron chi connectivity index (χ4n) is 3.73. The number of sulfonamides is 1. The molecule has 3 aromatic rings. The van der Waals surface area contributed by atoms with Gasteiger partial charge in [-0.25, -0.2) is 13.4 Å². The normalized spacial score (nSPS) is 19.8. The first-order valence-electron chi connectivity index (χ1n) is 10.1. The van der Waals surface area contributed by atoms with Crippen LogP contribution in [0, 0.1) is 5.92 Å². The molecule has 164 valence electrons. The monoisotopic (exact) mass is 477 g/mol. The second-order valence-corrected chi connectivity index (χ2v) is 10.7. The SMILES string of the molecule is CC1CN(Cc2ccccc2)CCC1Oc1ccc(S(=O)(=O)Nc2nccs2)cc1Cl. The van der Waals surface area contributed by atoms with E-state index in [9.17, 15) is 8.42 Å². The van der Waals surface area contributed by atoms with Gasteiger partial charge < -0.3 is 4.74 Å². The van der Waals surface area contributed by atoms with E-state index in [0.29, 0.717) is 16.8 Å². The van der Waals surface area contributed by atoms with Crippen LogP contribution in [0.25, 0.3) is 0 Å². The minimum atomic E-state index is -3.75. The Labute approximate surface area is 191 Å². The van der Waals surface area contributed by atoms with Crippen LogP contribution in [-0.4, -0.2) is 37.5 Å². The molecule has 1 fully saturated rings. The van der Waals surface area contributed by atoms with Crippen molar-refractivity contribution < 1.29 is 13.2 Å². The molecule has 6 nitrogen and oxygen atoms in total. The zero-order chi connectivity index (χ0) is 21.8. The summed E-state index contributed by atoms with van der Waals surface area (Å²) in [4.78, 5) is 6.46. The van der Waals surface area contributed by atoms with E-state index in [0.717, 1.165) is 26.1 Å². The average molecular weight is 478 g/mol. The van der Waals surface area contributed by atoms with Crippen molar-refractivity contribution >= 4 is 38.1 Å². The highest BCUT2D eigenvalue weighted by molar-refractivity contribution is 7.93. The summed E-state index contributed by atoms with van der Waals surface area (Å²) in [5.41, 5.74) is 1.31. The number of halogens is 1. The number of anilines is 1. The molecule has 1 saturated heterocycles. The van der Waals surface area contributed by atoms with Crippen LogP contribution in [0.1, 0.15) is 18.9 Å². The van der Waals surface area contributed by atoms with Crippen LogP contribution >= 0.6 is 22.9 Å². The van der Waals surface area contributed by atoms with Gasteiger partial charge >= 0.3 is 0 Å². The van der Waals surface area contributed by atoms with Crippen LogP contribution in [0.2, 0.25) is 5.02 Å². The lowest BCUT2D eigenvalue weighted by Crippen LogP contribution is -2.44. The van der Waals surface area contributed by atoms with Gasteiger partial charge in [0.2, 0.25) is 0 Å². The molecule has 1 N–H and O–H groups in total. The van der Waals surface area contributed by atoms with Crippen molar-refractivity contribution in [3.8, 4) is 5.75 Å². The summed E-state index contributed by atoms with van der Waals surface area (Å²) in [5, 5.41) is 2.29. The summed E-state index contributed by atoms with van der Waals surface area (Å²) in [6.45, 7) is 4.97. The van der Waals surface area contributed by atoms with Gasteiger partial charge in [0.1, 0.15) is 11.9 Å². The largest absolute Gasteiger partial charge is 0.488 e. The Balaban J connectivity index is 1.38. The second-order valence-electron chi connectivity index (χ2n) is 7.68. The minimum absolute atomic E-state index is 0.0282. The van der Waals surface area contributed by atoms with Crippen LogP contribution < -0.4 is 9.46 Å². The molecule has 2 unspecified atom stereocenters. The third-order valence-corrected chi connectivity index (χ3v) is 7.76. The molecule has 2 aromatic carbocycles. The quantitative estimate of drug-likeness (QED) is 0.524. The maximum Gasteiger partial charge on any atom is 0.263 e. The van der Waals surface area contributed by atoms with Gasteiger partial charge in [-0.1, -0.05) is 48.9 Å². The topological polar surface area (TPSA) is 71.5 Å². The number of piperidine rings is 1. The molecule has 0 bridgehead atoms. The van der Waals surface area contributed by atoms with Gasteiger partial charge in [0.05, 0.1) is 9.92 Å². The molecule has 0 spiro atoms. The summed E-state index contributed by atoms with van der Waals surface area (Å²) in [6, 6.07) is 15.0. The van der Waals surface area contributed by atoms with Crippen LogP contribution in [0.5, 0.6) is 5.75 Å². The van der Waals surface area contributed by atoms with Gasteiger partial charge in [-0.15, -0.1) is 11.3 Å². The van der Waals surface area contributed by atoms with Gasteiger partial charge in [0, 0.05) is 37.1 Å². The zero-order valence-electron chi connectivity index (χ0n) is 17.1. The second kappa shape index (κ2) is 9.56. The fourth-order valence-corrected chi connectivity index (χ4v) is 5.83. The number of likely N-dealkylation sites (tertiary alicyclic amines) is 1. The van der Waals surface area contributed by atoms with Gasteiger partial charge in [-0.05, 0) is 30.2 Å². The third kappa shape index (κ3) is 5.57. The summed E-state index contributed by atoms with van der Waals surface area (Å²) in [6.07, 6.45) is 2.45. The smallest absolute Gasteiger partial charge is 0.263 e. The van der Waals surface area contributed by atoms with Crippen molar-refractivity contribution in [2.75, 3.05) is 17.8 Å². The predicted octanol–water partition coefficient (Wildman–Crippen LogP) is 4.89. The number of hydrogen-bond acceptors (Lipinski definition) is 6. The van der Waals surface area contributed by atoms with Gasteiger partial charge in [0.25, 0.3) is 10.0 Å². The lowest BCUT2D eigenvalue weighted by Gasteiger charge is -2.37. The molecule has 2 heterocycles. The molecule has 9 heteroatoms. The first-order valence-corrected chi connectivity index (χ1v) is 12.8. The molecule has 31 heavy (non-hydrogen) atoms. The number of benzene rings is 2. The maximum atomic E-state index is 12.5. The minimum Gasteiger partial charge on any atom is -0.488 e. The summed E-state index contributed by atoms with van der Waals surface area (Å²) < 4.78 is 33.7. The molecular weight excluding hydrogens is 454 g/mol. The number of thiazole rings is 1. The Morgan fingerprint density at radius 1 is 1.26 bits per heavy atom. The molecule has 1 aliphatic heterocycles. The van der Waals surface area contributed by atoms with E-state index < -0.39 is 10.0 Å². The lowest BCUT2D eigenvalue weighted by atomic mass is 9.96. The Kier molecular flexibility index (Phi) is 6.81. The van der Waals surface area contributed by atoms with Crippen molar-refractivity contribution in [1.82, 2.24) is 9.88 Å². The number of nitrogens with zero attached hydrogens (tertiary/aromatic N) is 2. The Morgan fingerprint density at radius 2 is 2.06 bits per heavy atom. The van der Waals surface area contributed by atoms with E-state index in [-0.39, 0.29) is 16.0 Å². The molecule has 0 saturated carbocycles. The molecule has 4 rings (SSSR count). The Bertz CT molecular complexity index is 1110. The summed E-state index contributed by atoms with van der Waals surface area (Å²) in [5.74, 6) is 0.826. The van der Waals surface area contributed by atoms with Crippen molar-refractivity contribution in [2.24, 2.45) is 5.92 Å².